The number of nitrogens with zero attached hydrogens (tertiary/aromatic N) is 2. The summed E-state index contributed by atoms with van der Waals surface area (Å²) in [6.45, 7) is 4.01. The van der Waals surface area contributed by atoms with E-state index in [0.717, 1.165) is 28.7 Å². The highest BCUT2D eigenvalue weighted by atomic mass is 32.2. The van der Waals surface area contributed by atoms with E-state index >= 15 is 0 Å². The Morgan fingerprint density at radius 3 is 2.39 bits per heavy atom. The number of rotatable bonds is 10. The van der Waals surface area contributed by atoms with E-state index in [9.17, 15) is 22.8 Å². The van der Waals surface area contributed by atoms with Crippen molar-refractivity contribution >= 4 is 56.0 Å². The smallest absolute Gasteiger partial charge is 0.319 e. The second-order valence-corrected chi connectivity index (χ2v) is 13.8. The molecule has 2 unspecified atom stereocenters. The third-order valence-corrected chi connectivity index (χ3v) is 9.97. The number of hydrogen-bond acceptors (Lipinski definition) is 9. The van der Waals surface area contributed by atoms with Crippen molar-refractivity contribution in [1.82, 2.24) is 15.2 Å². The summed E-state index contributed by atoms with van der Waals surface area (Å²) in [4.78, 5) is 45.5. The van der Waals surface area contributed by atoms with Crippen molar-refractivity contribution in [2.75, 3.05) is 23.3 Å². The van der Waals surface area contributed by atoms with Crippen LogP contribution in [0.2, 0.25) is 0 Å². The summed E-state index contributed by atoms with van der Waals surface area (Å²) in [7, 11) is -3.48. The number of nitrogens with one attached hydrogen (secondary N) is 2. The first kappa shape index (κ1) is 28.8. The molecule has 0 saturated carbocycles. The number of β-lactam (4-membered cyclic amide) rings is 1. The third-order valence-electron chi connectivity index (χ3n) is 6.81. The van der Waals surface area contributed by atoms with E-state index < -0.39 is 33.6 Å². The maximum absolute atomic E-state index is 13.7. The second kappa shape index (κ2) is 11.7. The molecule has 2 fully saturated rings. The molecule has 3 atom stereocenters. The van der Waals surface area contributed by atoms with Gasteiger partial charge in [0.2, 0.25) is 21.8 Å². The van der Waals surface area contributed by atoms with Gasteiger partial charge in [-0.25, -0.2) is 13.4 Å². The molecule has 0 spiro atoms. The van der Waals surface area contributed by atoms with Crippen LogP contribution in [0.3, 0.4) is 0 Å². The van der Waals surface area contributed by atoms with E-state index in [1.165, 1.54) is 18.0 Å². The fourth-order valence-corrected chi connectivity index (χ4v) is 7.89. The standard InChI is InChI=1S/C28H28N4O6S3/c1-3-28(26(35)38-23(18-10-6-4-7-11-18)19-12-8-5-9-13-19)16-32-24(34)22(25(32)39-17-28)30-21(33)14-20-15-29-27(40-20)31-41(2,36)37/h3-13,15,22-23,25H,1,14,16-17H2,2H3,(H,29,31)(H,30,33)/t22?,25-,28?/m1/s1. The maximum Gasteiger partial charge on any atom is 0.319 e. The van der Waals surface area contributed by atoms with Crippen LogP contribution in [0.25, 0.3) is 0 Å². The highest BCUT2D eigenvalue weighted by Gasteiger charge is 2.57. The van der Waals surface area contributed by atoms with Crippen LogP contribution < -0.4 is 10.0 Å². The molecule has 2 aliphatic heterocycles. The molecule has 3 heterocycles. The molecule has 2 amide bonds. The Hall–Kier alpha value is -3.68. The number of carbonyl (C=O) groups excluding carboxylic acids is 3. The predicted octanol–water partition coefficient (Wildman–Crippen LogP) is 2.96. The van der Waals surface area contributed by atoms with E-state index in [1.807, 2.05) is 60.7 Å². The minimum Gasteiger partial charge on any atom is -0.452 e. The normalized spacial score (nSPS) is 21.9. The molecule has 2 N–H and O–H groups in total. The monoisotopic (exact) mass is 612 g/mol. The van der Waals surface area contributed by atoms with Gasteiger partial charge in [-0.15, -0.1) is 29.7 Å². The molecule has 2 aliphatic rings. The van der Waals surface area contributed by atoms with Gasteiger partial charge in [0.15, 0.2) is 11.2 Å². The Kier molecular flexibility index (Phi) is 8.20. The zero-order valence-corrected chi connectivity index (χ0v) is 24.5. The average molecular weight is 613 g/mol. The fourth-order valence-electron chi connectivity index (χ4n) is 4.71. The van der Waals surface area contributed by atoms with E-state index in [4.69, 9.17) is 4.74 Å². The third kappa shape index (κ3) is 6.31. The number of thioether (sulfide) groups is 1. The van der Waals surface area contributed by atoms with Crippen molar-refractivity contribution in [2.24, 2.45) is 5.41 Å². The molecule has 214 valence electrons. The Morgan fingerprint density at radius 2 is 1.80 bits per heavy atom. The van der Waals surface area contributed by atoms with Crippen LogP contribution in [0.4, 0.5) is 5.13 Å². The molecule has 2 aromatic carbocycles. The van der Waals surface area contributed by atoms with Crippen molar-refractivity contribution in [3.8, 4) is 0 Å². The molecule has 3 aromatic rings. The maximum atomic E-state index is 13.7. The van der Waals surface area contributed by atoms with Gasteiger partial charge in [-0.1, -0.05) is 66.7 Å². The summed E-state index contributed by atoms with van der Waals surface area (Å²) >= 11 is 2.44. The van der Waals surface area contributed by atoms with Crippen molar-refractivity contribution in [3.05, 3.63) is 95.5 Å². The summed E-state index contributed by atoms with van der Waals surface area (Å²) in [5.41, 5.74) is 0.547. The van der Waals surface area contributed by atoms with Gasteiger partial charge in [-0.3, -0.25) is 19.1 Å². The first-order valence-electron chi connectivity index (χ1n) is 12.7. The summed E-state index contributed by atoms with van der Waals surface area (Å²) in [6.07, 6.45) is 3.32. The number of benzene rings is 2. The molecule has 5 rings (SSSR count). The molecule has 41 heavy (non-hydrogen) atoms. The lowest BCUT2D eigenvalue weighted by Gasteiger charge is -2.53. The predicted molar refractivity (Wildman–Crippen MR) is 158 cm³/mol. The van der Waals surface area contributed by atoms with E-state index in [1.54, 1.807) is 11.0 Å². The van der Waals surface area contributed by atoms with Gasteiger partial charge in [-0.2, -0.15) is 0 Å². The van der Waals surface area contributed by atoms with Gasteiger partial charge in [0, 0.05) is 23.4 Å². The van der Waals surface area contributed by atoms with Gasteiger partial charge in [-0.05, 0) is 11.1 Å². The van der Waals surface area contributed by atoms with E-state index in [2.05, 4.69) is 21.6 Å². The van der Waals surface area contributed by atoms with E-state index in [-0.39, 0.29) is 35.3 Å². The zero-order valence-electron chi connectivity index (χ0n) is 22.1. The van der Waals surface area contributed by atoms with Crippen LogP contribution in [-0.2, 0) is 35.6 Å². The van der Waals surface area contributed by atoms with Crippen molar-refractivity contribution in [3.63, 3.8) is 0 Å². The number of thiazole rings is 1. The number of aromatic nitrogens is 1. The molecule has 2 saturated heterocycles. The molecule has 0 bridgehead atoms. The van der Waals surface area contributed by atoms with Crippen LogP contribution in [-0.4, -0.2) is 66.1 Å². The Morgan fingerprint density at radius 1 is 1.17 bits per heavy atom. The van der Waals surface area contributed by atoms with E-state index in [0.29, 0.717) is 10.6 Å². The average Bonchev–Trinajstić information content (AvgIpc) is 3.39. The number of fused-ring (bicyclic) bond motifs is 1. The number of sulfonamides is 1. The van der Waals surface area contributed by atoms with Gasteiger partial charge in [0.1, 0.15) is 16.8 Å². The fraction of sp³-hybridized carbons (Fsp3) is 0.286. The van der Waals surface area contributed by atoms with Crippen LogP contribution in [0, 0.1) is 5.41 Å². The van der Waals surface area contributed by atoms with Crippen LogP contribution in [0.5, 0.6) is 0 Å². The van der Waals surface area contributed by atoms with Crippen molar-refractivity contribution < 1.29 is 27.5 Å². The second-order valence-electron chi connectivity index (χ2n) is 9.86. The highest BCUT2D eigenvalue weighted by molar-refractivity contribution is 8.00. The topological polar surface area (TPSA) is 135 Å². The molecule has 13 heteroatoms. The molecule has 10 nitrogen and oxygen atoms in total. The van der Waals surface area contributed by atoms with Crippen molar-refractivity contribution in [2.45, 2.75) is 23.9 Å². The SMILES string of the molecule is C=CC1(C(=O)OC(c2ccccc2)c2ccccc2)CS[C@@H]2C(NC(=O)Cc3cnc(NS(C)(=O)=O)s3)C(=O)N2C1. The number of amides is 2. The van der Waals surface area contributed by atoms with Gasteiger partial charge >= 0.3 is 5.97 Å². The number of esters is 1. The van der Waals surface area contributed by atoms with Crippen LogP contribution in [0.1, 0.15) is 22.1 Å². The largest absolute Gasteiger partial charge is 0.452 e. The Balaban J connectivity index is 1.23. The quantitative estimate of drug-likeness (QED) is 0.203. The number of carbonyl (C=O) groups is 3. The summed E-state index contributed by atoms with van der Waals surface area (Å²) in [5, 5.41) is 2.61. The number of anilines is 1. The first-order valence-corrected chi connectivity index (χ1v) is 16.4. The minimum absolute atomic E-state index is 0.0481. The molecular formula is C28H28N4O6S3. The van der Waals surface area contributed by atoms with Crippen LogP contribution >= 0.6 is 23.1 Å². The minimum atomic E-state index is -3.48. The summed E-state index contributed by atoms with van der Waals surface area (Å²) in [6, 6.07) is 18.2. The Bertz CT molecular complexity index is 1520. The molecule has 0 radical (unpaired) electrons. The summed E-state index contributed by atoms with van der Waals surface area (Å²) in [5.74, 6) is -0.810. The first-order chi connectivity index (χ1) is 19.6. The van der Waals surface area contributed by atoms with Gasteiger partial charge in [0.05, 0.1) is 12.7 Å². The van der Waals surface area contributed by atoms with Crippen molar-refractivity contribution in [1.29, 1.82) is 0 Å². The molecular weight excluding hydrogens is 585 g/mol. The van der Waals surface area contributed by atoms with Gasteiger partial charge in [0.25, 0.3) is 0 Å². The lowest BCUT2D eigenvalue weighted by atomic mass is 9.87. The zero-order chi connectivity index (χ0) is 29.2. The lowest BCUT2D eigenvalue weighted by Crippen LogP contribution is -2.73. The highest BCUT2D eigenvalue weighted by Crippen LogP contribution is 2.44. The number of ether oxygens (including phenoxy) is 1. The van der Waals surface area contributed by atoms with Crippen LogP contribution in [0.15, 0.2) is 79.5 Å². The molecule has 1 aromatic heterocycles. The number of hydrogen-bond donors (Lipinski definition) is 2. The van der Waals surface area contributed by atoms with Gasteiger partial charge < -0.3 is 15.0 Å². The lowest BCUT2D eigenvalue weighted by molar-refractivity contribution is -0.162. The molecule has 0 aliphatic carbocycles. The Labute approximate surface area is 246 Å². The summed E-state index contributed by atoms with van der Waals surface area (Å²) < 4.78 is 31.1.